The summed E-state index contributed by atoms with van der Waals surface area (Å²) in [6, 6.07) is 10.0. The van der Waals surface area contributed by atoms with Crippen LogP contribution in [0.2, 0.25) is 0 Å². The first kappa shape index (κ1) is 18.9. The number of nitrogens with one attached hydrogen (secondary N) is 1. The Morgan fingerprint density at radius 1 is 1.07 bits per heavy atom. The molecule has 0 bridgehead atoms. The number of carbonyl (C=O) groups is 1. The van der Waals surface area contributed by atoms with Gasteiger partial charge in [-0.2, -0.15) is 0 Å². The molecule has 7 nitrogen and oxygen atoms in total. The fourth-order valence-electron chi connectivity index (χ4n) is 4.24. The average molecular weight is 383 g/mol. The molecule has 2 aliphatic rings. The van der Waals surface area contributed by atoms with Crippen LogP contribution in [0.25, 0.3) is 0 Å². The van der Waals surface area contributed by atoms with Crippen LogP contribution in [0.4, 0.5) is 4.79 Å². The fraction of sp³-hybridized carbons (Fsp3) is 0.571. The summed E-state index contributed by atoms with van der Waals surface area (Å²) in [5.41, 5.74) is 1.12. The molecule has 3 heterocycles. The van der Waals surface area contributed by atoms with Crippen molar-refractivity contribution in [1.82, 2.24) is 29.9 Å². The number of hydrogen-bond acceptors (Lipinski definition) is 4. The van der Waals surface area contributed by atoms with Crippen LogP contribution in [0.5, 0.6) is 0 Å². The van der Waals surface area contributed by atoms with E-state index in [1.807, 2.05) is 35.2 Å². The predicted octanol–water partition coefficient (Wildman–Crippen LogP) is 2.50. The van der Waals surface area contributed by atoms with Gasteiger partial charge in [-0.25, -0.2) is 4.79 Å². The number of urea groups is 1. The number of benzene rings is 1. The highest BCUT2D eigenvalue weighted by Crippen LogP contribution is 2.27. The Labute approximate surface area is 166 Å². The van der Waals surface area contributed by atoms with Crippen molar-refractivity contribution in [3.63, 3.8) is 0 Å². The number of carbonyl (C=O) groups excluding carboxylic acids is 1. The Morgan fingerprint density at radius 3 is 2.50 bits per heavy atom. The van der Waals surface area contributed by atoms with E-state index >= 15 is 0 Å². The lowest BCUT2D eigenvalue weighted by atomic mass is 9.96. The van der Waals surface area contributed by atoms with Gasteiger partial charge in [0.15, 0.2) is 0 Å². The third-order valence-electron chi connectivity index (χ3n) is 6.00. The van der Waals surface area contributed by atoms with Gasteiger partial charge in [0.2, 0.25) is 0 Å². The first-order valence-corrected chi connectivity index (χ1v) is 10.4. The second kappa shape index (κ2) is 8.73. The smallest absolute Gasteiger partial charge is 0.317 e. The third kappa shape index (κ3) is 4.35. The highest BCUT2D eigenvalue weighted by atomic mass is 16.2. The largest absolute Gasteiger partial charge is 0.334 e. The van der Waals surface area contributed by atoms with E-state index in [9.17, 15) is 4.79 Å². The zero-order valence-electron chi connectivity index (χ0n) is 16.7. The van der Waals surface area contributed by atoms with Gasteiger partial charge in [-0.1, -0.05) is 30.3 Å². The van der Waals surface area contributed by atoms with Gasteiger partial charge in [-0.15, -0.1) is 10.2 Å². The van der Waals surface area contributed by atoms with Crippen LogP contribution in [0, 0.1) is 0 Å². The molecule has 7 heteroatoms. The maximum atomic E-state index is 12.5. The van der Waals surface area contributed by atoms with Crippen molar-refractivity contribution >= 4 is 6.03 Å². The first-order chi connectivity index (χ1) is 13.7. The van der Waals surface area contributed by atoms with Crippen LogP contribution in [-0.4, -0.2) is 56.8 Å². The highest BCUT2D eigenvalue weighted by molar-refractivity contribution is 5.74. The van der Waals surface area contributed by atoms with Crippen LogP contribution < -0.4 is 5.32 Å². The lowest BCUT2D eigenvalue weighted by molar-refractivity contribution is 0.179. The Balaban J connectivity index is 1.28. The van der Waals surface area contributed by atoms with Gasteiger partial charge in [0.25, 0.3) is 0 Å². The SMILES string of the molecule is Cn1c(CN2CCCC2)nnc1C1CCN(C(=O)NCc2ccccc2)CC1. The molecule has 0 radical (unpaired) electrons. The molecule has 2 amide bonds. The van der Waals surface area contributed by atoms with E-state index in [0.717, 1.165) is 49.7 Å². The van der Waals surface area contributed by atoms with Crippen LogP contribution in [0.1, 0.15) is 48.8 Å². The number of aromatic nitrogens is 3. The molecule has 1 aromatic carbocycles. The topological polar surface area (TPSA) is 66.3 Å². The van der Waals surface area contributed by atoms with Gasteiger partial charge in [0.05, 0.1) is 6.54 Å². The van der Waals surface area contributed by atoms with E-state index in [1.54, 1.807) is 0 Å². The first-order valence-electron chi connectivity index (χ1n) is 10.4. The molecule has 1 aromatic heterocycles. The number of nitrogens with zero attached hydrogens (tertiary/aromatic N) is 5. The zero-order chi connectivity index (χ0) is 19.3. The number of rotatable bonds is 5. The lowest BCUT2D eigenvalue weighted by Crippen LogP contribution is -2.44. The summed E-state index contributed by atoms with van der Waals surface area (Å²) in [5, 5.41) is 12.0. The molecule has 2 aliphatic heterocycles. The number of amides is 2. The number of hydrogen-bond donors (Lipinski definition) is 1. The second-order valence-electron chi connectivity index (χ2n) is 7.92. The van der Waals surface area contributed by atoms with Crippen LogP contribution >= 0.6 is 0 Å². The zero-order valence-corrected chi connectivity index (χ0v) is 16.7. The minimum absolute atomic E-state index is 0.0231. The van der Waals surface area contributed by atoms with Crippen molar-refractivity contribution < 1.29 is 4.79 Å². The average Bonchev–Trinajstić information content (AvgIpc) is 3.38. The molecule has 150 valence electrons. The Kier molecular flexibility index (Phi) is 5.90. The Bertz CT molecular complexity index is 775. The normalized spacial score (nSPS) is 18.5. The van der Waals surface area contributed by atoms with E-state index in [1.165, 1.54) is 25.9 Å². The minimum Gasteiger partial charge on any atom is -0.334 e. The van der Waals surface area contributed by atoms with Gasteiger partial charge in [0.1, 0.15) is 11.6 Å². The molecule has 4 rings (SSSR count). The molecule has 0 spiro atoms. The minimum atomic E-state index is 0.0231. The molecular weight excluding hydrogens is 352 g/mol. The molecule has 0 aliphatic carbocycles. The standard InChI is InChI=1S/C21H30N6O/c1-25-19(16-26-11-5-6-12-26)23-24-20(25)18-9-13-27(14-10-18)21(28)22-15-17-7-3-2-4-8-17/h2-4,7-8,18H,5-6,9-16H2,1H3,(H,22,28). The molecule has 0 saturated carbocycles. The molecule has 2 saturated heterocycles. The van der Waals surface area contributed by atoms with Crippen molar-refractivity contribution in [3.8, 4) is 0 Å². The molecule has 0 atom stereocenters. The van der Waals surface area contributed by atoms with Crippen molar-refractivity contribution in [2.75, 3.05) is 26.2 Å². The van der Waals surface area contributed by atoms with E-state index in [2.05, 4.69) is 32.0 Å². The van der Waals surface area contributed by atoms with Crippen molar-refractivity contribution in [3.05, 3.63) is 47.5 Å². The maximum Gasteiger partial charge on any atom is 0.317 e. The summed E-state index contributed by atoms with van der Waals surface area (Å²) < 4.78 is 2.17. The number of piperidine rings is 1. The van der Waals surface area contributed by atoms with Crippen LogP contribution in [0.3, 0.4) is 0 Å². The quantitative estimate of drug-likeness (QED) is 0.863. The molecule has 2 aromatic rings. The van der Waals surface area contributed by atoms with Crippen molar-refractivity contribution in [2.45, 2.75) is 44.7 Å². The maximum absolute atomic E-state index is 12.5. The van der Waals surface area contributed by atoms with Crippen LogP contribution in [-0.2, 0) is 20.1 Å². The molecule has 28 heavy (non-hydrogen) atoms. The fourth-order valence-corrected chi connectivity index (χ4v) is 4.24. The third-order valence-corrected chi connectivity index (χ3v) is 6.00. The van der Waals surface area contributed by atoms with Gasteiger partial charge in [-0.3, -0.25) is 4.90 Å². The van der Waals surface area contributed by atoms with Gasteiger partial charge in [-0.05, 0) is 44.3 Å². The van der Waals surface area contributed by atoms with E-state index < -0.39 is 0 Å². The monoisotopic (exact) mass is 382 g/mol. The second-order valence-corrected chi connectivity index (χ2v) is 7.92. The summed E-state index contributed by atoms with van der Waals surface area (Å²) >= 11 is 0. The van der Waals surface area contributed by atoms with E-state index in [-0.39, 0.29) is 6.03 Å². The Hall–Kier alpha value is -2.41. The molecule has 0 unspecified atom stereocenters. The molecular formula is C21H30N6O. The highest BCUT2D eigenvalue weighted by Gasteiger charge is 2.27. The van der Waals surface area contributed by atoms with Crippen molar-refractivity contribution in [1.29, 1.82) is 0 Å². The van der Waals surface area contributed by atoms with Crippen molar-refractivity contribution in [2.24, 2.45) is 7.05 Å². The van der Waals surface area contributed by atoms with Crippen LogP contribution in [0.15, 0.2) is 30.3 Å². The van der Waals surface area contributed by atoms with Gasteiger partial charge < -0.3 is 14.8 Å². The molecule has 1 N–H and O–H groups in total. The number of likely N-dealkylation sites (tertiary alicyclic amines) is 2. The summed E-state index contributed by atoms with van der Waals surface area (Å²) in [7, 11) is 2.08. The van der Waals surface area contributed by atoms with Gasteiger partial charge in [0, 0.05) is 32.6 Å². The van der Waals surface area contributed by atoms with E-state index in [0.29, 0.717) is 12.5 Å². The lowest BCUT2D eigenvalue weighted by Gasteiger charge is -2.31. The van der Waals surface area contributed by atoms with E-state index in [4.69, 9.17) is 0 Å². The summed E-state index contributed by atoms with van der Waals surface area (Å²) in [5.74, 6) is 2.50. The molecule has 2 fully saturated rings. The Morgan fingerprint density at radius 2 is 1.79 bits per heavy atom. The predicted molar refractivity (Wildman–Crippen MR) is 108 cm³/mol. The van der Waals surface area contributed by atoms with Gasteiger partial charge >= 0.3 is 6.03 Å². The summed E-state index contributed by atoms with van der Waals surface area (Å²) in [4.78, 5) is 16.8. The summed E-state index contributed by atoms with van der Waals surface area (Å²) in [6.45, 7) is 5.32. The summed E-state index contributed by atoms with van der Waals surface area (Å²) in [6.07, 6.45) is 4.45.